The van der Waals surface area contributed by atoms with Crippen LogP contribution in [0, 0.1) is 5.41 Å². The highest BCUT2D eigenvalue weighted by Gasteiger charge is 2.17. The third kappa shape index (κ3) is 2.55. The molecule has 0 rings (SSSR count). The highest BCUT2D eigenvalue weighted by Crippen LogP contribution is 2.31. The molecule has 0 aromatic carbocycles. The molecule has 10 heavy (non-hydrogen) atoms. The van der Waals surface area contributed by atoms with Crippen LogP contribution in [0.25, 0.3) is 0 Å². The molecule has 0 saturated heterocycles. The fourth-order valence-electron chi connectivity index (χ4n) is 0.890. The zero-order valence-electron chi connectivity index (χ0n) is 7.83. The fourth-order valence-corrected chi connectivity index (χ4v) is 0.890. The molecule has 0 aliphatic carbocycles. The Kier molecular flexibility index (Phi) is 3.70. The molecule has 0 aromatic rings. The van der Waals surface area contributed by atoms with Gasteiger partial charge < -0.3 is 0 Å². The third-order valence-electron chi connectivity index (χ3n) is 2.39. The monoisotopic (exact) mass is 140 g/mol. The van der Waals surface area contributed by atoms with Gasteiger partial charge in [-0.15, -0.1) is 0 Å². The van der Waals surface area contributed by atoms with E-state index >= 15 is 0 Å². The first-order valence-electron chi connectivity index (χ1n) is 4.22. The van der Waals surface area contributed by atoms with Gasteiger partial charge in [-0.3, -0.25) is 0 Å². The van der Waals surface area contributed by atoms with E-state index in [1.54, 1.807) is 0 Å². The minimum Gasteiger partial charge on any atom is -0.0993 e. The van der Waals surface area contributed by atoms with E-state index in [2.05, 4.69) is 34.3 Å². The SMILES string of the molecule is C=C(CCC)C(C)(C)CC. The van der Waals surface area contributed by atoms with Gasteiger partial charge in [0, 0.05) is 0 Å². The lowest BCUT2D eigenvalue weighted by atomic mass is 9.81. The first kappa shape index (κ1) is 9.74. The molecular weight excluding hydrogens is 120 g/mol. The van der Waals surface area contributed by atoms with Gasteiger partial charge in [0.1, 0.15) is 0 Å². The number of hydrogen-bond donors (Lipinski definition) is 0. The molecule has 0 bridgehead atoms. The van der Waals surface area contributed by atoms with Crippen LogP contribution in [0.1, 0.15) is 47.0 Å². The first-order chi connectivity index (χ1) is 4.54. The van der Waals surface area contributed by atoms with Gasteiger partial charge in [0.25, 0.3) is 0 Å². The summed E-state index contributed by atoms with van der Waals surface area (Å²) in [6, 6.07) is 0. The van der Waals surface area contributed by atoms with Crippen LogP contribution in [0.3, 0.4) is 0 Å². The Labute approximate surface area is 65.3 Å². The molecule has 0 saturated carbocycles. The van der Waals surface area contributed by atoms with Gasteiger partial charge in [0.15, 0.2) is 0 Å². The number of rotatable bonds is 4. The largest absolute Gasteiger partial charge is 0.0993 e. The summed E-state index contributed by atoms with van der Waals surface area (Å²) in [7, 11) is 0. The first-order valence-corrected chi connectivity index (χ1v) is 4.22. The predicted octanol–water partition coefficient (Wildman–Crippen LogP) is 3.78. The summed E-state index contributed by atoms with van der Waals surface area (Å²) in [4.78, 5) is 0. The van der Waals surface area contributed by atoms with E-state index in [0.29, 0.717) is 5.41 Å². The maximum Gasteiger partial charge on any atom is -0.0150 e. The molecule has 0 heterocycles. The Balaban J connectivity index is 3.91. The minimum absolute atomic E-state index is 0.357. The minimum atomic E-state index is 0.357. The molecular formula is C10H20. The van der Waals surface area contributed by atoms with Crippen molar-refractivity contribution in [1.29, 1.82) is 0 Å². The van der Waals surface area contributed by atoms with Crippen molar-refractivity contribution in [3.63, 3.8) is 0 Å². The van der Waals surface area contributed by atoms with Crippen molar-refractivity contribution in [3.05, 3.63) is 12.2 Å². The lowest BCUT2D eigenvalue weighted by molar-refractivity contribution is 0.414. The van der Waals surface area contributed by atoms with E-state index in [0.717, 1.165) is 0 Å². The van der Waals surface area contributed by atoms with Crippen LogP contribution in [0.15, 0.2) is 12.2 Å². The Morgan fingerprint density at radius 2 is 1.80 bits per heavy atom. The molecule has 0 N–H and O–H groups in total. The Morgan fingerprint density at radius 3 is 2.10 bits per heavy atom. The van der Waals surface area contributed by atoms with Gasteiger partial charge in [-0.2, -0.15) is 0 Å². The molecule has 60 valence electrons. The van der Waals surface area contributed by atoms with Crippen LogP contribution in [0.4, 0.5) is 0 Å². The van der Waals surface area contributed by atoms with Gasteiger partial charge in [0.05, 0.1) is 0 Å². The second kappa shape index (κ2) is 3.80. The Bertz CT molecular complexity index is 109. The second-order valence-electron chi connectivity index (χ2n) is 3.59. The van der Waals surface area contributed by atoms with Crippen molar-refractivity contribution in [3.8, 4) is 0 Å². The molecule has 0 fully saturated rings. The summed E-state index contributed by atoms with van der Waals surface area (Å²) in [5, 5.41) is 0. The summed E-state index contributed by atoms with van der Waals surface area (Å²) < 4.78 is 0. The van der Waals surface area contributed by atoms with E-state index < -0.39 is 0 Å². The van der Waals surface area contributed by atoms with E-state index in [1.165, 1.54) is 24.8 Å². The van der Waals surface area contributed by atoms with Crippen LogP contribution in [0.2, 0.25) is 0 Å². The smallest absolute Gasteiger partial charge is 0.0150 e. The average Bonchev–Trinajstić information content (AvgIpc) is 1.89. The third-order valence-corrected chi connectivity index (χ3v) is 2.39. The van der Waals surface area contributed by atoms with Gasteiger partial charge in [-0.1, -0.05) is 46.3 Å². The Hall–Kier alpha value is -0.260. The quantitative estimate of drug-likeness (QED) is 0.521. The highest BCUT2D eigenvalue weighted by molar-refractivity contribution is 5.05. The maximum absolute atomic E-state index is 4.09. The molecule has 0 nitrogen and oxygen atoms in total. The topological polar surface area (TPSA) is 0 Å². The average molecular weight is 140 g/mol. The predicted molar refractivity (Wildman–Crippen MR) is 48.1 cm³/mol. The van der Waals surface area contributed by atoms with Gasteiger partial charge >= 0.3 is 0 Å². The van der Waals surface area contributed by atoms with Crippen molar-refractivity contribution in [2.75, 3.05) is 0 Å². The van der Waals surface area contributed by atoms with Crippen LogP contribution in [0.5, 0.6) is 0 Å². The van der Waals surface area contributed by atoms with Crippen LogP contribution < -0.4 is 0 Å². The lowest BCUT2D eigenvalue weighted by Crippen LogP contribution is -2.12. The van der Waals surface area contributed by atoms with Gasteiger partial charge in [-0.05, 0) is 18.3 Å². The van der Waals surface area contributed by atoms with Gasteiger partial charge in [-0.25, -0.2) is 0 Å². The number of hydrogen-bond acceptors (Lipinski definition) is 0. The highest BCUT2D eigenvalue weighted by atomic mass is 14.2. The maximum atomic E-state index is 4.09. The van der Waals surface area contributed by atoms with Crippen molar-refractivity contribution >= 4 is 0 Å². The second-order valence-corrected chi connectivity index (χ2v) is 3.59. The zero-order chi connectivity index (χ0) is 8.20. The van der Waals surface area contributed by atoms with E-state index in [-0.39, 0.29) is 0 Å². The normalized spacial score (nSPS) is 11.6. The fraction of sp³-hybridized carbons (Fsp3) is 0.800. The molecule has 0 aliphatic rings. The standard InChI is InChI=1S/C10H20/c1-6-8-9(3)10(4,5)7-2/h3,6-8H2,1-2,4-5H3. The zero-order valence-corrected chi connectivity index (χ0v) is 7.83. The molecule has 0 aromatic heterocycles. The van der Waals surface area contributed by atoms with Crippen LogP contribution in [-0.4, -0.2) is 0 Å². The molecule has 0 spiro atoms. The summed E-state index contributed by atoms with van der Waals surface area (Å²) in [6.07, 6.45) is 3.61. The van der Waals surface area contributed by atoms with Gasteiger partial charge in [0.2, 0.25) is 0 Å². The van der Waals surface area contributed by atoms with E-state index in [4.69, 9.17) is 0 Å². The lowest BCUT2D eigenvalue weighted by Gasteiger charge is -2.25. The summed E-state index contributed by atoms with van der Waals surface area (Å²) in [6.45, 7) is 13.1. The van der Waals surface area contributed by atoms with Crippen molar-refractivity contribution in [2.45, 2.75) is 47.0 Å². The Morgan fingerprint density at radius 1 is 1.30 bits per heavy atom. The van der Waals surface area contributed by atoms with E-state index in [1.807, 2.05) is 0 Å². The number of allylic oxidation sites excluding steroid dienone is 1. The summed E-state index contributed by atoms with van der Waals surface area (Å²) >= 11 is 0. The van der Waals surface area contributed by atoms with Crippen molar-refractivity contribution in [2.24, 2.45) is 5.41 Å². The molecule has 0 unspecified atom stereocenters. The summed E-state index contributed by atoms with van der Waals surface area (Å²) in [5.41, 5.74) is 1.76. The summed E-state index contributed by atoms with van der Waals surface area (Å²) in [5.74, 6) is 0. The molecule has 0 amide bonds. The van der Waals surface area contributed by atoms with Crippen LogP contribution in [-0.2, 0) is 0 Å². The molecule has 0 atom stereocenters. The molecule has 0 heteroatoms. The molecule has 0 radical (unpaired) electrons. The van der Waals surface area contributed by atoms with Crippen molar-refractivity contribution in [1.82, 2.24) is 0 Å². The van der Waals surface area contributed by atoms with E-state index in [9.17, 15) is 0 Å². The van der Waals surface area contributed by atoms with Crippen LogP contribution >= 0.6 is 0 Å². The van der Waals surface area contributed by atoms with Crippen molar-refractivity contribution < 1.29 is 0 Å². The molecule has 0 aliphatic heterocycles.